The highest BCUT2D eigenvalue weighted by atomic mass is 127. The van der Waals surface area contributed by atoms with E-state index < -0.39 is 0 Å². The van der Waals surface area contributed by atoms with Crippen molar-refractivity contribution in [1.82, 2.24) is 9.78 Å². The van der Waals surface area contributed by atoms with E-state index in [9.17, 15) is 0 Å². The SMILES string of the molecule is Cc1ccccc1Cn1cc(N)c(-c2ccc(I)cc2)n1. The van der Waals surface area contributed by atoms with Gasteiger partial charge in [0.2, 0.25) is 0 Å². The highest BCUT2D eigenvalue weighted by Crippen LogP contribution is 2.25. The number of aryl methyl sites for hydroxylation is 1. The molecule has 0 saturated heterocycles. The standard InChI is InChI=1S/C17H16IN3/c1-12-4-2-3-5-14(12)10-21-11-16(19)17(20-21)13-6-8-15(18)9-7-13/h2-9,11H,10,19H2,1H3. The Morgan fingerprint density at radius 2 is 1.81 bits per heavy atom. The van der Waals surface area contributed by atoms with Gasteiger partial charge in [-0.3, -0.25) is 4.68 Å². The zero-order valence-electron chi connectivity index (χ0n) is 11.8. The van der Waals surface area contributed by atoms with Gasteiger partial charge in [0, 0.05) is 15.3 Å². The molecule has 0 fully saturated rings. The van der Waals surface area contributed by atoms with Crippen LogP contribution < -0.4 is 5.73 Å². The Kier molecular flexibility index (Phi) is 3.96. The minimum atomic E-state index is 0.713. The summed E-state index contributed by atoms with van der Waals surface area (Å²) in [4.78, 5) is 0. The maximum absolute atomic E-state index is 6.12. The first-order valence-electron chi connectivity index (χ1n) is 6.77. The fourth-order valence-electron chi connectivity index (χ4n) is 2.31. The molecule has 1 heterocycles. The van der Waals surface area contributed by atoms with Gasteiger partial charge in [0.25, 0.3) is 0 Å². The van der Waals surface area contributed by atoms with Crippen LogP contribution in [0.15, 0.2) is 54.7 Å². The second-order valence-electron chi connectivity index (χ2n) is 5.06. The Morgan fingerprint density at radius 1 is 1.10 bits per heavy atom. The predicted molar refractivity (Wildman–Crippen MR) is 95.1 cm³/mol. The number of hydrogen-bond acceptors (Lipinski definition) is 2. The van der Waals surface area contributed by atoms with Crippen LogP contribution >= 0.6 is 22.6 Å². The Morgan fingerprint density at radius 3 is 2.52 bits per heavy atom. The molecule has 1 aromatic heterocycles. The molecule has 0 amide bonds. The summed E-state index contributed by atoms with van der Waals surface area (Å²) in [5.74, 6) is 0. The van der Waals surface area contributed by atoms with Crippen LogP contribution in [0.3, 0.4) is 0 Å². The van der Waals surface area contributed by atoms with Gasteiger partial charge in [-0.05, 0) is 52.8 Å². The third kappa shape index (κ3) is 3.10. The smallest absolute Gasteiger partial charge is 0.115 e. The van der Waals surface area contributed by atoms with E-state index >= 15 is 0 Å². The summed E-state index contributed by atoms with van der Waals surface area (Å²) in [6.45, 7) is 2.85. The summed E-state index contributed by atoms with van der Waals surface area (Å²) in [6, 6.07) is 16.6. The predicted octanol–water partition coefficient (Wildman–Crippen LogP) is 4.09. The van der Waals surface area contributed by atoms with Gasteiger partial charge < -0.3 is 5.73 Å². The molecule has 21 heavy (non-hydrogen) atoms. The number of nitrogens with zero attached hydrogens (tertiary/aromatic N) is 2. The minimum Gasteiger partial charge on any atom is -0.396 e. The summed E-state index contributed by atoms with van der Waals surface area (Å²) in [5, 5.41) is 4.64. The number of anilines is 1. The number of nitrogens with two attached hydrogens (primary N) is 1. The molecular weight excluding hydrogens is 373 g/mol. The van der Waals surface area contributed by atoms with E-state index in [1.54, 1.807) is 0 Å². The lowest BCUT2D eigenvalue weighted by atomic mass is 10.1. The van der Waals surface area contributed by atoms with Gasteiger partial charge in [-0.15, -0.1) is 0 Å². The summed E-state index contributed by atoms with van der Waals surface area (Å²) in [6.07, 6.45) is 1.90. The highest BCUT2D eigenvalue weighted by molar-refractivity contribution is 14.1. The molecule has 3 nitrogen and oxygen atoms in total. The lowest BCUT2D eigenvalue weighted by Crippen LogP contribution is -2.02. The largest absolute Gasteiger partial charge is 0.396 e. The van der Waals surface area contributed by atoms with E-state index in [0.29, 0.717) is 5.69 Å². The molecule has 0 spiro atoms. The van der Waals surface area contributed by atoms with Crippen molar-refractivity contribution in [2.24, 2.45) is 0 Å². The normalized spacial score (nSPS) is 10.8. The van der Waals surface area contributed by atoms with Crippen molar-refractivity contribution in [1.29, 1.82) is 0 Å². The molecular formula is C17H16IN3. The van der Waals surface area contributed by atoms with Crippen molar-refractivity contribution in [3.05, 3.63) is 69.4 Å². The molecule has 3 aromatic rings. The summed E-state index contributed by atoms with van der Waals surface area (Å²) < 4.78 is 3.11. The molecule has 106 valence electrons. The van der Waals surface area contributed by atoms with Crippen LogP contribution in [0.1, 0.15) is 11.1 Å². The van der Waals surface area contributed by atoms with Crippen LogP contribution in [0.25, 0.3) is 11.3 Å². The second kappa shape index (κ2) is 5.89. The van der Waals surface area contributed by atoms with Gasteiger partial charge in [-0.2, -0.15) is 5.10 Å². The number of halogens is 1. The minimum absolute atomic E-state index is 0.713. The lowest BCUT2D eigenvalue weighted by Gasteiger charge is -2.05. The molecule has 0 atom stereocenters. The van der Waals surface area contributed by atoms with Crippen LogP contribution in [0, 0.1) is 10.5 Å². The fourth-order valence-corrected chi connectivity index (χ4v) is 2.67. The number of nitrogen functional groups attached to an aromatic ring is 1. The third-order valence-electron chi connectivity index (χ3n) is 3.50. The van der Waals surface area contributed by atoms with Gasteiger partial charge >= 0.3 is 0 Å². The van der Waals surface area contributed by atoms with Gasteiger partial charge in [0.15, 0.2) is 0 Å². The Balaban J connectivity index is 1.91. The van der Waals surface area contributed by atoms with Gasteiger partial charge in [-0.25, -0.2) is 0 Å². The van der Waals surface area contributed by atoms with E-state index in [-0.39, 0.29) is 0 Å². The molecule has 0 bridgehead atoms. The summed E-state index contributed by atoms with van der Waals surface area (Å²) in [5.41, 5.74) is 11.3. The van der Waals surface area contributed by atoms with Crippen molar-refractivity contribution in [2.75, 3.05) is 5.73 Å². The maximum atomic E-state index is 6.12. The third-order valence-corrected chi connectivity index (χ3v) is 4.22. The number of aromatic nitrogens is 2. The molecule has 2 N–H and O–H groups in total. The topological polar surface area (TPSA) is 43.8 Å². The Hall–Kier alpha value is -1.82. The fraction of sp³-hybridized carbons (Fsp3) is 0.118. The van der Waals surface area contributed by atoms with Crippen molar-refractivity contribution >= 4 is 28.3 Å². The number of benzene rings is 2. The van der Waals surface area contributed by atoms with Crippen LogP contribution in [0.2, 0.25) is 0 Å². The van der Waals surface area contributed by atoms with E-state index in [2.05, 4.69) is 77.1 Å². The first-order valence-corrected chi connectivity index (χ1v) is 7.85. The van der Waals surface area contributed by atoms with Crippen molar-refractivity contribution < 1.29 is 0 Å². The number of hydrogen-bond donors (Lipinski definition) is 1. The van der Waals surface area contributed by atoms with Crippen molar-refractivity contribution in [3.63, 3.8) is 0 Å². The highest BCUT2D eigenvalue weighted by Gasteiger charge is 2.09. The molecule has 3 rings (SSSR count). The first-order chi connectivity index (χ1) is 10.1. The zero-order valence-corrected chi connectivity index (χ0v) is 13.9. The van der Waals surface area contributed by atoms with Gasteiger partial charge in [0.1, 0.15) is 5.69 Å². The van der Waals surface area contributed by atoms with E-state index in [0.717, 1.165) is 17.8 Å². The van der Waals surface area contributed by atoms with E-state index in [1.165, 1.54) is 14.7 Å². The zero-order chi connectivity index (χ0) is 14.8. The van der Waals surface area contributed by atoms with Gasteiger partial charge in [-0.1, -0.05) is 36.4 Å². The van der Waals surface area contributed by atoms with Gasteiger partial charge in [0.05, 0.1) is 12.2 Å². The molecule has 0 saturated carbocycles. The maximum Gasteiger partial charge on any atom is 0.115 e. The summed E-state index contributed by atoms with van der Waals surface area (Å²) in [7, 11) is 0. The average Bonchev–Trinajstić information content (AvgIpc) is 2.83. The molecule has 2 aromatic carbocycles. The van der Waals surface area contributed by atoms with E-state index in [1.807, 2.05) is 16.9 Å². The quantitative estimate of drug-likeness (QED) is 0.686. The van der Waals surface area contributed by atoms with Crippen LogP contribution in [0.4, 0.5) is 5.69 Å². The van der Waals surface area contributed by atoms with Crippen LogP contribution in [-0.2, 0) is 6.54 Å². The molecule has 0 radical (unpaired) electrons. The molecule has 0 aliphatic carbocycles. The molecule has 0 unspecified atom stereocenters. The average molecular weight is 389 g/mol. The molecule has 0 aliphatic heterocycles. The number of rotatable bonds is 3. The lowest BCUT2D eigenvalue weighted by molar-refractivity contribution is 0.687. The molecule has 4 heteroatoms. The first kappa shape index (κ1) is 14.1. The Bertz CT molecular complexity index is 760. The van der Waals surface area contributed by atoms with Crippen LogP contribution in [0.5, 0.6) is 0 Å². The van der Waals surface area contributed by atoms with Crippen LogP contribution in [-0.4, -0.2) is 9.78 Å². The Labute approximate surface area is 137 Å². The van der Waals surface area contributed by atoms with Crippen molar-refractivity contribution in [3.8, 4) is 11.3 Å². The van der Waals surface area contributed by atoms with Crippen molar-refractivity contribution in [2.45, 2.75) is 13.5 Å². The summed E-state index contributed by atoms with van der Waals surface area (Å²) >= 11 is 2.29. The second-order valence-corrected chi connectivity index (χ2v) is 6.31. The monoisotopic (exact) mass is 389 g/mol. The molecule has 0 aliphatic rings. The van der Waals surface area contributed by atoms with E-state index in [4.69, 9.17) is 5.73 Å².